The lowest BCUT2D eigenvalue weighted by atomic mass is 10.0. The van der Waals surface area contributed by atoms with Crippen LogP contribution in [0, 0.1) is 6.92 Å². The Morgan fingerprint density at radius 1 is 1.35 bits per heavy atom. The summed E-state index contributed by atoms with van der Waals surface area (Å²) in [5.74, 6) is 0.783. The summed E-state index contributed by atoms with van der Waals surface area (Å²) < 4.78 is 5.84. The predicted octanol–water partition coefficient (Wildman–Crippen LogP) is 3.51. The molecule has 0 aliphatic heterocycles. The zero-order valence-corrected chi connectivity index (χ0v) is 13.8. The summed E-state index contributed by atoms with van der Waals surface area (Å²) in [6.07, 6.45) is 3.93. The Bertz CT molecular complexity index is 422. The van der Waals surface area contributed by atoms with Crippen molar-refractivity contribution in [2.45, 2.75) is 66.0 Å². The SMILES string of the molecule is CCCNC(C)c1cnc(C(C)(CC)OCC)nc1C. The van der Waals surface area contributed by atoms with E-state index in [2.05, 4.69) is 43.0 Å². The van der Waals surface area contributed by atoms with Crippen molar-refractivity contribution in [1.82, 2.24) is 15.3 Å². The normalized spacial score (nSPS) is 15.9. The lowest BCUT2D eigenvalue weighted by Crippen LogP contribution is -2.29. The highest BCUT2D eigenvalue weighted by molar-refractivity contribution is 5.21. The molecule has 1 rings (SSSR count). The van der Waals surface area contributed by atoms with Gasteiger partial charge in [-0.25, -0.2) is 9.97 Å². The molecule has 0 fully saturated rings. The number of aromatic nitrogens is 2. The van der Waals surface area contributed by atoms with E-state index in [9.17, 15) is 0 Å². The molecule has 0 aliphatic rings. The van der Waals surface area contributed by atoms with E-state index >= 15 is 0 Å². The smallest absolute Gasteiger partial charge is 0.160 e. The van der Waals surface area contributed by atoms with Crippen molar-refractivity contribution in [1.29, 1.82) is 0 Å². The average Bonchev–Trinajstić information content (AvgIpc) is 2.44. The third-order valence-electron chi connectivity index (χ3n) is 3.79. The number of nitrogens with zero attached hydrogens (tertiary/aromatic N) is 2. The van der Waals surface area contributed by atoms with E-state index < -0.39 is 5.60 Å². The van der Waals surface area contributed by atoms with E-state index in [4.69, 9.17) is 4.74 Å². The van der Waals surface area contributed by atoms with E-state index in [1.807, 2.05) is 20.0 Å². The zero-order chi connectivity index (χ0) is 15.2. The predicted molar refractivity (Wildman–Crippen MR) is 82.7 cm³/mol. The van der Waals surface area contributed by atoms with Crippen LogP contribution in [0.1, 0.15) is 70.6 Å². The van der Waals surface area contributed by atoms with Crippen molar-refractivity contribution in [2.24, 2.45) is 0 Å². The molecule has 4 heteroatoms. The van der Waals surface area contributed by atoms with Crippen LogP contribution in [-0.2, 0) is 10.3 Å². The van der Waals surface area contributed by atoms with Gasteiger partial charge in [0.1, 0.15) is 5.60 Å². The van der Waals surface area contributed by atoms with Crippen LogP contribution in [0.5, 0.6) is 0 Å². The van der Waals surface area contributed by atoms with Gasteiger partial charge in [0.15, 0.2) is 5.82 Å². The van der Waals surface area contributed by atoms with Crippen LogP contribution >= 0.6 is 0 Å². The van der Waals surface area contributed by atoms with Crippen LogP contribution in [0.25, 0.3) is 0 Å². The standard InChI is InChI=1S/C16H29N3O/c1-7-10-17-12(4)14-11-18-15(19-13(14)5)16(6,8-2)20-9-3/h11-12,17H,7-10H2,1-6H3. The first-order chi connectivity index (χ1) is 9.48. The topological polar surface area (TPSA) is 47.0 Å². The second-order valence-corrected chi connectivity index (χ2v) is 5.43. The maximum absolute atomic E-state index is 5.84. The van der Waals surface area contributed by atoms with Gasteiger partial charge in [-0.15, -0.1) is 0 Å². The van der Waals surface area contributed by atoms with E-state index in [0.29, 0.717) is 6.61 Å². The molecule has 0 amide bonds. The zero-order valence-electron chi connectivity index (χ0n) is 13.8. The van der Waals surface area contributed by atoms with Gasteiger partial charge in [-0.1, -0.05) is 13.8 Å². The fourth-order valence-corrected chi connectivity index (χ4v) is 2.27. The van der Waals surface area contributed by atoms with Crippen LogP contribution in [-0.4, -0.2) is 23.1 Å². The van der Waals surface area contributed by atoms with Gasteiger partial charge in [-0.05, 0) is 47.1 Å². The summed E-state index contributed by atoms with van der Waals surface area (Å²) in [5, 5.41) is 3.48. The third-order valence-corrected chi connectivity index (χ3v) is 3.79. The molecule has 1 aromatic heterocycles. The third kappa shape index (κ3) is 4.00. The number of aryl methyl sites for hydroxylation is 1. The first kappa shape index (κ1) is 17.1. The molecule has 1 heterocycles. The number of ether oxygens (including phenoxy) is 1. The molecule has 20 heavy (non-hydrogen) atoms. The van der Waals surface area contributed by atoms with Gasteiger partial charge < -0.3 is 10.1 Å². The number of rotatable bonds is 8. The molecule has 1 aromatic rings. The van der Waals surface area contributed by atoms with Crippen LogP contribution in [0.4, 0.5) is 0 Å². The molecule has 0 bridgehead atoms. The monoisotopic (exact) mass is 279 g/mol. The molecule has 114 valence electrons. The molecule has 1 N–H and O–H groups in total. The fraction of sp³-hybridized carbons (Fsp3) is 0.750. The number of hydrogen-bond donors (Lipinski definition) is 1. The fourth-order valence-electron chi connectivity index (χ4n) is 2.27. The highest BCUT2D eigenvalue weighted by Crippen LogP contribution is 2.27. The Balaban J connectivity index is 2.97. The summed E-state index contributed by atoms with van der Waals surface area (Å²) in [7, 11) is 0. The molecular formula is C16H29N3O. The molecule has 4 nitrogen and oxygen atoms in total. The Morgan fingerprint density at radius 2 is 2.05 bits per heavy atom. The summed E-state index contributed by atoms with van der Waals surface area (Å²) in [5.41, 5.74) is 1.81. The molecule has 2 atom stereocenters. The van der Waals surface area contributed by atoms with Crippen molar-refractivity contribution >= 4 is 0 Å². The van der Waals surface area contributed by atoms with Gasteiger partial charge in [0.05, 0.1) is 0 Å². The minimum absolute atomic E-state index is 0.281. The van der Waals surface area contributed by atoms with E-state index in [-0.39, 0.29) is 6.04 Å². The molecular weight excluding hydrogens is 250 g/mol. The lowest BCUT2D eigenvalue weighted by molar-refractivity contribution is -0.0392. The van der Waals surface area contributed by atoms with Gasteiger partial charge in [0, 0.05) is 30.1 Å². The van der Waals surface area contributed by atoms with E-state index in [1.54, 1.807) is 0 Å². The summed E-state index contributed by atoms with van der Waals surface area (Å²) in [6, 6.07) is 0.281. The molecule has 0 saturated heterocycles. The van der Waals surface area contributed by atoms with E-state index in [1.165, 1.54) is 0 Å². The largest absolute Gasteiger partial charge is 0.368 e. The van der Waals surface area contributed by atoms with E-state index in [0.717, 1.165) is 36.5 Å². The number of hydrogen-bond acceptors (Lipinski definition) is 4. The maximum atomic E-state index is 5.84. The van der Waals surface area contributed by atoms with Gasteiger partial charge in [-0.2, -0.15) is 0 Å². The van der Waals surface area contributed by atoms with Crippen molar-refractivity contribution in [3.63, 3.8) is 0 Å². The summed E-state index contributed by atoms with van der Waals surface area (Å²) in [6.45, 7) is 14.2. The molecule has 0 aliphatic carbocycles. The van der Waals surface area contributed by atoms with Gasteiger partial charge in [-0.3, -0.25) is 0 Å². The van der Waals surface area contributed by atoms with Crippen molar-refractivity contribution in [3.05, 3.63) is 23.3 Å². The summed E-state index contributed by atoms with van der Waals surface area (Å²) in [4.78, 5) is 9.24. The van der Waals surface area contributed by atoms with Crippen molar-refractivity contribution in [3.8, 4) is 0 Å². The quantitative estimate of drug-likeness (QED) is 0.791. The maximum Gasteiger partial charge on any atom is 0.160 e. The highest BCUT2D eigenvalue weighted by Gasteiger charge is 2.29. The highest BCUT2D eigenvalue weighted by atomic mass is 16.5. The first-order valence-electron chi connectivity index (χ1n) is 7.69. The second-order valence-electron chi connectivity index (χ2n) is 5.43. The molecule has 0 spiro atoms. The second kappa shape index (κ2) is 7.70. The van der Waals surface area contributed by atoms with Crippen LogP contribution < -0.4 is 5.32 Å². The lowest BCUT2D eigenvalue weighted by Gasteiger charge is -2.27. The molecule has 0 radical (unpaired) electrons. The Kier molecular flexibility index (Phi) is 6.56. The minimum Gasteiger partial charge on any atom is -0.368 e. The minimum atomic E-state index is -0.391. The molecule has 0 saturated carbocycles. The Morgan fingerprint density at radius 3 is 2.55 bits per heavy atom. The van der Waals surface area contributed by atoms with Crippen LogP contribution in [0.3, 0.4) is 0 Å². The number of nitrogens with one attached hydrogen (secondary N) is 1. The van der Waals surface area contributed by atoms with Crippen LogP contribution in [0.2, 0.25) is 0 Å². The Labute approximate surface area is 123 Å². The molecule has 0 aromatic carbocycles. The first-order valence-corrected chi connectivity index (χ1v) is 7.69. The molecule has 2 unspecified atom stereocenters. The van der Waals surface area contributed by atoms with Crippen LogP contribution in [0.15, 0.2) is 6.20 Å². The average molecular weight is 279 g/mol. The Hall–Kier alpha value is -1.00. The van der Waals surface area contributed by atoms with Crippen molar-refractivity contribution in [2.75, 3.05) is 13.2 Å². The van der Waals surface area contributed by atoms with Crippen molar-refractivity contribution < 1.29 is 4.74 Å². The van der Waals surface area contributed by atoms with Gasteiger partial charge >= 0.3 is 0 Å². The van der Waals surface area contributed by atoms with Gasteiger partial charge in [0.2, 0.25) is 0 Å². The van der Waals surface area contributed by atoms with Gasteiger partial charge in [0.25, 0.3) is 0 Å². The summed E-state index contributed by atoms with van der Waals surface area (Å²) >= 11 is 0.